The molecule has 0 bridgehead atoms. The third kappa shape index (κ3) is 6.49. The van der Waals surface area contributed by atoms with Crippen molar-refractivity contribution in [2.75, 3.05) is 0 Å². The number of rotatable bonds is 5. The number of hydrogen-bond acceptors (Lipinski definition) is 2. The molecule has 0 saturated heterocycles. The number of nitrogens with zero attached hydrogens (tertiary/aromatic N) is 2. The minimum Gasteiger partial charge on any atom is -0.249 e. The summed E-state index contributed by atoms with van der Waals surface area (Å²) in [5.41, 5.74) is 18.4. The number of benzene rings is 7. The Morgan fingerprint density at radius 2 is 1.13 bits per heavy atom. The molecule has 0 radical (unpaired) electrons. The molecule has 1 heterocycles. The first-order valence-electron chi connectivity index (χ1n) is 19.2. The fraction of sp³-hybridized carbons (Fsp3) is 0.132. The number of aryl methyl sites for hydroxylation is 3. The third-order valence-corrected chi connectivity index (χ3v) is 11.4. The van der Waals surface area contributed by atoms with Gasteiger partial charge in [0.1, 0.15) is 0 Å². The maximum absolute atomic E-state index is 4.97. The van der Waals surface area contributed by atoms with Gasteiger partial charge in [0.15, 0.2) is 0 Å². The highest BCUT2D eigenvalue weighted by Gasteiger charge is 2.23. The fourth-order valence-electron chi connectivity index (χ4n) is 8.38. The van der Waals surface area contributed by atoms with Gasteiger partial charge in [-0.15, -0.1) is 0 Å². The van der Waals surface area contributed by atoms with Crippen LogP contribution < -0.4 is 0 Å². The summed E-state index contributed by atoms with van der Waals surface area (Å²) < 4.78 is 0. The van der Waals surface area contributed by atoms with E-state index in [4.69, 9.17) is 9.97 Å². The van der Waals surface area contributed by atoms with Crippen LogP contribution in [0.3, 0.4) is 0 Å². The Labute approximate surface area is 325 Å². The molecule has 268 valence electrons. The van der Waals surface area contributed by atoms with Crippen LogP contribution in [0.15, 0.2) is 158 Å². The van der Waals surface area contributed by atoms with Gasteiger partial charge in [0.2, 0.25) is 0 Å². The Kier molecular flexibility index (Phi) is 9.59. The Hall–Kier alpha value is -6.38. The van der Waals surface area contributed by atoms with E-state index in [1.165, 1.54) is 88.0 Å². The molecule has 1 aliphatic rings. The topological polar surface area (TPSA) is 25.8 Å². The lowest BCUT2D eigenvalue weighted by molar-refractivity contribution is 1.02. The summed E-state index contributed by atoms with van der Waals surface area (Å²) in [6.45, 7) is 17.0. The molecule has 2 nitrogen and oxygen atoms in total. The minimum absolute atomic E-state index is 0.861. The van der Waals surface area contributed by atoms with Crippen molar-refractivity contribution in [3.63, 3.8) is 0 Å². The van der Waals surface area contributed by atoms with E-state index in [0.717, 1.165) is 34.8 Å². The van der Waals surface area contributed by atoms with Crippen molar-refractivity contribution < 1.29 is 0 Å². The second kappa shape index (κ2) is 14.8. The Morgan fingerprint density at radius 1 is 0.527 bits per heavy atom. The lowest BCUT2D eigenvalue weighted by Gasteiger charge is -2.22. The molecule has 0 spiro atoms. The van der Waals surface area contributed by atoms with Crippen LogP contribution in [0.5, 0.6) is 0 Å². The van der Waals surface area contributed by atoms with Crippen LogP contribution >= 0.6 is 0 Å². The van der Waals surface area contributed by atoms with Crippen LogP contribution in [0.2, 0.25) is 0 Å². The standard InChI is InChI=1S/C30H26.C23H20N2/c1-19-11-5-7-13-24(19)29-20(2)21(3)30(28-16-10-9-15-27(28)29)26-18-17-23-12-6-8-14-25(23)22(26)4;1-4-5-10-20-15(2)13-21-23(20)24-16(3)22(25-21)19-12-11-17-8-6-7-9-18(17)14-19/h5-18H,1-4H3;4-12,14H,1,13H2,2-3H3/b;10-5-. The number of hydrogen-bond donors (Lipinski definition) is 0. The van der Waals surface area contributed by atoms with Gasteiger partial charge in [-0.2, -0.15) is 0 Å². The molecule has 2 heteroatoms. The van der Waals surface area contributed by atoms with Crippen molar-refractivity contribution in [3.8, 4) is 33.5 Å². The van der Waals surface area contributed by atoms with E-state index in [2.05, 4.69) is 175 Å². The van der Waals surface area contributed by atoms with E-state index in [1.54, 1.807) is 6.08 Å². The first-order valence-corrected chi connectivity index (χ1v) is 19.2. The van der Waals surface area contributed by atoms with Crippen LogP contribution in [-0.4, -0.2) is 9.97 Å². The number of fused-ring (bicyclic) bond motifs is 4. The second-order valence-electron chi connectivity index (χ2n) is 14.8. The molecule has 0 aliphatic heterocycles. The Bertz CT molecular complexity index is 2870. The summed E-state index contributed by atoms with van der Waals surface area (Å²) >= 11 is 0. The number of aromatic nitrogens is 2. The van der Waals surface area contributed by atoms with Crippen molar-refractivity contribution in [1.82, 2.24) is 9.97 Å². The average Bonchev–Trinajstić information content (AvgIpc) is 3.51. The molecule has 0 atom stereocenters. The normalized spacial score (nSPS) is 12.4. The van der Waals surface area contributed by atoms with Gasteiger partial charge >= 0.3 is 0 Å². The molecule has 8 aromatic rings. The zero-order valence-electron chi connectivity index (χ0n) is 32.7. The fourth-order valence-corrected chi connectivity index (χ4v) is 8.38. The van der Waals surface area contributed by atoms with Crippen molar-refractivity contribution in [3.05, 3.63) is 197 Å². The average molecular weight is 711 g/mol. The summed E-state index contributed by atoms with van der Waals surface area (Å²) in [5, 5.41) is 7.76. The van der Waals surface area contributed by atoms with Crippen molar-refractivity contribution in [2.45, 2.75) is 48.0 Å². The van der Waals surface area contributed by atoms with Crippen molar-refractivity contribution in [2.24, 2.45) is 0 Å². The second-order valence-corrected chi connectivity index (χ2v) is 14.8. The van der Waals surface area contributed by atoms with Gasteiger partial charge in [-0.3, -0.25) is 0 Å². The summed E-state index contributed by atoms with van der Waals surface area (Å²) in [5.74, 6) is 0. The highest BCUT2D eigenvalue weighted by atomic mass is 14.9. The first-order chi connectivity index (χ1) is 26.7. The largest absolute Gasteiger partial charge is 0.249 e. The van der Waals surface area contributed by atoms with Gasteiger partial charge in [-0.1, -0.05) is 152 Å². The highest BCUT2D eigenvalue weighted by molar-refractivity contribution is 6.09. The molecular formula is C53H46N2. The summed E-state index contributed by atoms with van der Waals surface area (Å²) in [6, 6.07) is 45.8. The van der Waals surface area contributed by atoms with E-state index in [1.807, 2.05) is 13.0 Å². The van der Waals surface area contributed by atoms with Gasteiger partial charge in [-0.25, -0.2) is 9.97 Å². The quantitative estimate of drug-likeness (QED) is 0.166. The van der Waals surface area contributed by atoms with Crippen LogP contribution in [-0.2, 0) is 6.42 Å². The van der Waals surface area contributed by atoms with Crippen molar-refractivity contribution >= 4 is 37.9 Å². The monoisotopic (exact) mass is 710 g/mol. The van der Waals surface area contributed by atoms with E-state index in [9.17, 15) is 0 Å². The predicted molar refractivity (Wildman–Crippen MR) is 237 cm³/mol. The van der Waals surface area contributed by atoms with Crippen LogP contribution in [0.1, 0.15) is 46.3 Å². The van der Waals surface area contributed by atoms with Gasteiger partial charge in [0, 0.05) is 17.6 Å². The first kappa shape index (κ1) is 35.6. The smallest absolute Gasteiger partial charge is 0.0923 e. The van der Waals surface area contributed by atoms with Crippen LogP contribution in [0.4, 0.5) is 0 Å². The van der Waals surface area contributed by atoms with Crippen molar-refractivity contribution in [1.29, 1.82) is 0 Å². The molecule has 55 heavy (non-hydrogen) atoms. The van der Waals surface area contributed by atoms with E-state index < -0.39 is 0 Å². The van der Waals surface area contributed by atoms with E-state index in [0.29, 0.717) is 0 Å². The molecule has 0 N–H and O–H groups in total. The molecule has 1 aromatic heterocycles. The Morgan fingerprint density at radius 3 is 1.84 bits per heavy atom. The summed E-state index contributed by atoms with van der Waals surface area (Å²) in [4.78, 5) is 9.86. The SMILES string of the molecule is C=C/C=C\C1=C(C)Cc2nc(-c3ccc4ccccc4c3)c(C)nc21.Cc1ccccc1-c1c(C)c(C)c(-c2ccc3ccccc3c2C)c2ccccc12. The van der Waals surface area contributed by atoms with Crippen LogP contribution in [0, 0.1) is 34.6 Å². The number of allylic oxidation sites excluding steroid dienone is 5. The molecule has 1 aliphatic carbocycles. The van der Waals surface area contributed by atoms with Crippen LogP contribution in [0.25, 0.3) is 71.4 Å². The molecule has 0 saturated carbocycles. The van der Waals surface area contributed by atoms with E-state index >= 15 is 0 Å². The lowest BCUT2D eigenvalue weighted by Crippen LogP contribution is -2.00. The molecule has 0 unspecified atom stereocenters. The molecule has 7 aromatic carbocycles. The zero-order valence-corrected chi connectivity index (χ0v) is 32.7. The molecule has 0 fully saturated rings. The maximum Gasteiger partial charge on any atom is 0.0923 e. The predicted octanol–water partition coefficient (Wildman–Crippen LogP) is 14.2. The van der Waals surface area contributed by atoms with Gasteiger partial charge in [0.25, 0.3) is 0 Å². The van der Waals surface area contributed by atoms with E-state index in [-0.39, 0.29) is 0 Å². The minimum atomic E-state index is 0.861. The highest BCUT2D eigenvalue weighted by Crippen LogP contribution is 2.44. The molecule has 0 amide bonds. The third-order valence-electron chi connectivity index (χ3n) is 11.4. The van der Waals surface area contributed by atoms with Gasteiger partial charge < -0.3 is 0 Å². The lowest BCUT2D eigenvalue weighted by atomic mass is 9.82. The summed E-state index contributed by atoms with van der Waals surface area (Å²) in [6.07, 6.45) is 6.70. The van der Waals surface area contributed by atoms with Gasteiger partial charge in [-0.05, 0) is 124 Å². The summed E-state index contributed by atoms with van der Waals surface area (Å²) in [7, 11) is 0. The maximum atomic E-state index is 4.97. The van der Waals surface area contributed by atoms with Gasteiger partial charge in [0.05, 0.1) is 22.8 Å². The molecular weight excluding hydrogens is 665 g/mol. The molecule has 9 rings (SSSR count). The Balaban J connectivity index is 0.000000158. The zero-order chi connectivity index (χ0) is 38.2.